The fourth-order valence-corrected chi connectivity index (χ4v) is 4.31. The molecule has 2 aromatic rings. The third-order valence-electron chi connectivity index (χ3n) is 5.85. The minimum Gasteiger partial charge on any atom is -0.373 e. The van der Waals surface area contributed by atoms with Crippen molar-refractivity contribution < 1.29 is 9.53 Å². The van der Waals surface area contributed by atoms with E-state index in [1.807, 2.05) is 31.4 Å². The van der Waals surface area contributed by atoms with Gasteiger partial charge in [-0.2, -0.15) is 5.10 Å². The topological polar surface area (TPSA) is 71.7 Å². The number of amides is 1. The molecular formula is C20H31N7O2. The van der Waals surface area contributed by atoms with Crippen molar-refractivity contribution in [1.82, 2.24) is 34.0 Å². The second kappa shape index (κ2) is 8.64. The normalized spacial score (nSPS) is 24.6. The van der Waals surface area contributed by atoms with Crippen LogP contribution in [0.4, 0.5) is 0 Å². The molecule has 29 heavy (non-hydrogen) atoms. The smallest absolute Gasteiger partial charge is 0.274 e. The van der Waals surface area contributed by atoms with Crippen molar-refractivity contribution in [2.24, 2.45) is 14.1 Å². The van der Waals surface area contributed by atoms with Crippen molar-refractivity contribution in [3.8, 4) is 0 Å². The Morgan fingerprint density at radius 3 is 2.72 bits per heavy atom. The van der Waals surface area contributed by atoms with Crippen LogP contribution in [0.2, 0.25) is 0 Å². The molecule has 0 bridgehead atoms. The van der Waals surface area contributed by atoms with Gasteiger partial charge >= 0.3 is 0 Å². The molecule has 1 amide bonds. The van der Waals surface area contributed by atoms with E-state index in [4.69, 9.17) is 4.74 Å². The Kier molecular flexibility index (Phi) is 5.98. The second-order valence-corrected chi connectivity index (χ2v) is 8.18. The third-order valence-corrected chi connectivity index (χ3v) is 5.85. The van der Waals surface area contributed by atoms with E-state index in [2.05, 4.69) is 26.9 Å². The maximum atomic E-state index is 13.3. The van der Waals surface area contributed by atoms with Gasteiger partial charge in [0.25, 0.3) is 5.91 Å². The Hall–Kier alpha value is -2.23. The highest BCUT2D eigenvalue weighted by atomic mass is 16.5. The van der Waals surface area contributed by atoms with Crippen LogP contribution in [0.15, 0.2) is 24.9 Å². The van der Waals surface area contributed by atoms with Gasteiger partial charge in [0.1, 0.15) is 5.69 Å². The highest BCUT2D eigenvalue weighted by molar-refractivity contribution is 5.92. The van der Waals surface area contributed by atoms with Crippen molar-refractivity contribution in [2.75, 3.05) is 52.9 Å². The van der Waals surface area contributed by atoms with Gasteiger partial charge in [0, 0.05) is 58.2 Å². The number of aromatic nitrogens is 4. The first-order chi connectivity index (χ1) is 14.0. The number of imidazole rings is 1. The molecule has 9 nitrogen and oxygen atoms in total. The molecule has 2 atom stereocenters. The first-order valence-electron chi connectivity index (χ1n) is 10.3. The van der Waals surface area contributed by atoms with E-state index in [9.17, 15) is 4.79 Å². The summed E-state index contributed by atoms with van der Waals surface area (Å²) < 4.78 is 9.82. The molecule has 0 unspecified atom stereocenters. The van der Waals surface area contributed by atoms with Gasteiger partial charge in [-0.25, -0.2) is 4.98 Å². The molecule has 4 heterocycles. The van der Waals surface area contributed by atoms with E-state index in [1.54, 1.807) is 21.8 Å². The van der Waals surface area contributed by atoms with E-state index < -0.39 is 0 Å². The van der Waals surface area contributed by atoms with Crippen LogP contribution in [0.25, 0.3) is 0 Å². The highest BCUT2D eigenvalue weighted by Crippen LogP contribution is 2.31. The zero-order valence-corrected chi connectivity index (χ0v) is 17.6. The molecule has 0 spiro atoms. The lowest BCUT2D eigenvalue weighted by Gasteiger charge is -2.42. The second-order valence-electron chi connectivity index (χ2n) is 8.18. The number of rotatable bonds is 4. The lowest BCUT2D eigenvalue weighted by Crippen LogP contribution is -2.52. The zero-order chi connectivity index (χ0) is 20.4. The summed E-state index contributed by atoms with van der Waals surface area (Å²) in [5.41, 5.74) is 1.48. The number of nitrogens with zero attached hydrogens (tertiary/aromatic N) is 7. The maximum absolute atomic E-state index is 13.3. The number of likely N-dealkylation sites (N-methyl/N-ethyl adjacent to an activating group) is 1. The number of aryl methyl sites for hydroxylation is 2. The van der Waals surface area contributed by atoms with Gasteiger partial charge in [-0.05, 0) is 26.6 Å². The van der Waals surface area contributed by atoms with Crippen LogP contribution in [-0.2, 0) is 18.8 Å². The summed E-state index contributed by atoms with van der Waals surface area (Å²) in [5.74, 6) is -0.0525. The molecule has 2 aromatic heterocycles. The summed E-state index contributed by atoms with van der Waals surface area (Å²) in [4.78, 5) is 24.3. The third kappa shape index (κ3) is 4.52. The Morgan fingerprint density at radius 1 is 1.14 bits per heavy atom. The minimum absolute atomic E-state index is 0.0525. The van der Waals surface area contributed by atoms with E-state index in [0.29, 0.717) is 18.8 Å². The Labute approximate surface area is 171 Å². The molecule has 0 N–H and O–H groups in total. The lowest BCUT2D eigenvalue weighted by molar-refractivity contribution is -0.0724. The molecule has 2 aliphatic rings. The van der Waals surface area contributed by atoms with Crippen LogP contribution in [0.5, 0.6) is 0 Å². The van der Waals surface area contributed by atoms with Crippen LogP contribution in [-0.4, -0.2) is 99.0 Å². The molecule has 0 radical (unpaired) electrons. The first kappa shape index (κ1) is 20.1. The van der Waals surface area contributed by atoms with Crippen molar-refractivity contribution in [3.05, 3.63) is 36.2 Å². The van der Waals surface area contributed by atoms with Crippen molar-refractivity contribution in [2.45, 2.75) is 18.6 Å². The van der Waals surface area contributed by atoms with Crippen molar-refractivity contribution >= 4 is 5.91 Å². The quantitative estimate of drug-likeness (QED) is 0.737. The van der Waals surface area contributed by atoms with Gasteiger partial charge in [-0.3, -0.25) is 14.4 Å². The summed E-state index contributed by atoms with van der Waals surface area (Å²) >= 11 is 0. The molecule has 0 aliphatic carbocycles. The lowest BCUT2D eigenvalue weighted by atomic mass is 9.99. The van der Waals surface area contributed by atoms with E-state index in [-0.39, 0.29) is 18.1 Å². The van der Waals surface area contributed by atoms with Crippen LogP contribution in [0.1, 0.15) is 28.5 Å². The van der Waals surface area contributed by atoms with Gasteiger partial charge in [0.15, 0.2) is 0 Å². The maximum Gasteiger partial charge on any atom is 0.274 e. The molecule has 0 aromatic carbocycles. The van der Waals surface area contributed by atoms with Crippen LogP contribution >= 0.6 is 0 Å². The van der Waals surface area contributed by atoms with Gasteiger partial charge in [-0.1, -0.05) is 0 Å². The minimum atomic E-state index is -0.173. The summed E-state index contributed by atoms with van der Waals surface area (Å²) in [7, 11) is 5.95. The Bertz CT molecular complexity index is 832. The number of carbonyl (C=O) groups excluding carboxylic acids is 1. The molecular weight excluding hydrogens is 370 g/mol. The fourth-order valence-electron chi connectivity index (χ4n) is 4.31. The number of carbonyl (C=O) groups is 1. The predicted molar refractivity (Wildman–Crippen MR) is 108 cm³/mol. The molecule has 2 aliphatic heterocycles. The van der Waals surface area contributed by atoms with Gasteiger partial charge in [-0.15, -0.1) is 0 Å². The van der Waals surface area contributed by atoms with E-state index in [1.165, 1.54) is 0 Å². The van der Waals surface area contributed by atoms with Gasteiger partial charge in [0.05, 0.1) is 31.3 Å². The summed E-state index contributed by atoms with van der Waals surface area (Å²) in [6.45, 7) is 6.14. The van der Waals surface area contributed by atoms with Crippen molar-refractivity contribution in [1.29, 1.82) is 0 Å². The number of hydrogen-bond donors (Lipinski definition) is 0. The van der Waals surface area contributed by atoms with Crippen LogP contribution in [0.3, 0.4) is 0 Å². The number of morpholine rings is 1. The highest BCUT2D eigenvalue weighted by Gasteiger charge is 2.39. The standard InChI is InChI=1S/C20H31N7O2/c1-23-5-4-6-26(8-7-23)14-18-19(16-11-22-25(3)12-16)27(9-10-29-18)20(28)17-13-24(2)15-21-17/h11-13,15,18-19H,4-10,14H2,1-3H3/t18-,19-/m0/s1. The molecule has 158 valence electrons. The Morgan fingerprint density at radius 2 is 2.00 bits per heavy atom. The molecule has 2 saturated heterocycles. The number of ether oxygens (including phenoxy) is 1. The van der Waals surface area contributed by atoms with E-state index >= 15 is 0 Å². The molecule has 9 heteroatoms. The zero-order valence-electron chi connectivity index (χ0n) is 17.6. The monoisotopic (exact) mass is 401 g/mol. The molecule has 2 fully saturated rings. The largest absolute Gasteiger partial charge is 0.373 e. The summed E-state index contributed by atoms with van der Waals surface area (Å²) in [6, 6.07) is -0.173. The predicted octanol–water partition coefficient (Wildman–Crippen LogP) is 0.373. The van der Waals surface area contributed by atoms with Gasteiger partial charge < -0.3 is 19.1 Å². The number of hydrogen-bond acceptors (Lipinski definition) is 6. The molecule has 0 saturated carbocycles. The summed E-state index contributed by atoms with van der Waals surface area (Å²) in [5, 5.41) is 4.35. The van der Waals surface area contributed by atoms with Crippen molar-refractivity contribution in [3.63, 3.8) is 0 Å². The fraction of sp³-hybridized carbons (Fsp3) is 0.650. The summed E-state index contributed by atoms with van der Waals surface area (Å²) in [6.07, 6.45) is 8.33. The SMILES string of the molecule is CN1CCCN(C[C@@H]2OCCN(C(=O)c3cn(C)cn3)[C@H]2c2cnn(C)c2)CC1. The van der Waals surface area contributed by atoms with E-state index in [0.717, 1.165) is 44.7 Å². The van der Waals surface area contributed by atoms with Crippen LogP contribution in [0, 0.1) is 0 Å². The van der Waals surface area contributed by atoms with Crippen LogP contribution < -0.4 is 0 Å². The average Bonchev–Trinajstić information content (AvgIpc) is 3.27. The first-order valence-corrected chi connectivity index (χ1v) is 10.3. The average molecular weight is 402 g/mol. The van der Waals surface area contributed by atoms with Gasteiger partial charge in [0.2, 0.25) is 0 Å². The Balaban J connectivity index is 1.58. The molecule has 4 rings (SSSR count).